The van der Waals surface area contributed by atoms with E-state index in [1.165, 1.54) is 7.11 Å². The van der Waals surface area contributed by atoms with E-state index in [2.05, 4.69) is 10.1 Å². The number of carbonyl (C=O) groups is 1. The van der Waals surface area contributed by atoms with Gasteiger partial charge in [0, 0.05) is 19.7 Å². The molecule has 1 saturated heterocycles. The van der Waals surface area contributed by atoms with E-state index in [9.17, 15) is 4.79 Å². The number of hydrogen-bond donors (Lipinski definition) is 1. The van der Waals surface area contributed by atoms with Gasteiger partial charge in [-0.2, -0.15) is 0 Å². The van der Waals surface area contributed by atoms with Gasteiger partial charge in [-0.3, -0.25) is 4.79 Å². The summed E-state index contributed by atoms with van der Waals surface area (Å²) in [4.78, 5) is 10.9. The van der Waals surface area contributed by atoms with Gasteiger partial charge in [0.05, 0.1) is 19.6 Å². The summed E-state index contributed by atoms with van der Waals surface area (Å²) in [6.07, 6.45) is 1.58. The number of hydrogen-bond acceptors (Lipinski definition) is 4. The topological polar surface area (TPSA) is 47.6 Å². The predicted molar refractivity (Wildman–Crippen MR) is 43.8 cm³/mol. The summed E-state index contributed by atoms with van der Waals surface area (Å²) < 4.78 is 9.70. The van der Waals surface area contributed by atoms with Gasteiger partial charge in [-0.05, 0) is 6.42 Å². The number of ether oxygens (including phenoxy) is 2. The van der Waals surface area contributed by atoms with Crippen molar-refractivity contribution in [1.82, 2.24) is 5.32 Å². The Hall–Kier alpha value is -0.610. The van der Waals surface area contributed by atoms with E-state index in [1.54, 1.807) is 7.11 Å². The van der Waals surface area contributed by atoms with Crippen LogP contribution in [-0.2, 0) is 14.3 Å². The first-order valence-electron chi connectivity index (χ1n) is 4.09. The van der Waals surface area contributed by atoms with Crippen LogP contribution in [0, 0.1) is 0 Å². The van der Waals surface area contributed by atoms with Crippen molar-refractivity contribution < 1.29 is 14.3 Å². The molecule has 0 saturated carbocycles. The molecule has 1 aliphatic rings. The molecule has 1 rings (SSSR count). The van der Waals surface area contributed by atoms with Gasteiger partial charge in [-0.1, -0.05) is 0 Å². The lowest BCUT2D eigenvalue weighted by atomic mass is 10.1. The Morgan fingerprint density at radius 3 is 2.83 bits per heavy atom. The largest absolute Gasteiger partial charge is 0.469 e. The third kappa shape index (κ3) is 2.46. The Morgan fingerprint density at radius 1 is 1.58 bits per heavy atom. The van der Waals surface area contributed by atoms with E-state index in [1.807, 2.05) is 0 Å². The molecule has 1 fully saturated rings. The zero-order valence-corrected chi connectivity index (χ0v) is 7.50. The van der Waals surface area contributed by atoms with E-state index < -0.39 is 0 Å². The quantitative estimate of drug-likeness (QED) is 0.607. The lowest BCUT2D eigenvalue weighted by Crippen LogP contribution is -2.25. The molecule has 12 heavy (non-hydrogen) atoms. The van der Waals surface area contributed by atoms with Crippen LogP contribution in [0.25, 0.3) is 0 Å². The summed E-state index contributed by atoms with van der Waals surface area (Å²) in [5, 5.41) is 3.20. The highest BCUT2D eigenvalue weighted by atomic mass is 16.5. The second-order valence-corrected chi connectivity index (χ2v) is 2.98. The summed E-state index contributed by atoms with van der Waals surface area (Å²) in [6.45, 7) is 0.832. The van der Waals surface area contributed by atoms with Gasteiger partial charge in [0.1, 0.15) is 0 Å². The van der Waals surface area contributed by atoms with Crippen molar-refractivity contribution in [2.75, 3.05) is 20.8 Å². The van der Waals surface area contributed by atoms with Crippen LogP contribution in [0.4, 0.5) is 0 Å². The van der Waals surface area contributed by atoms with E-state index in [0.717, 1.165) is 13.0 Å². The molecule has 70 valence electrons. The summed E-state index contributed by atoms with van der Waals surface area (Å²) in [6, 6.07) is 0.224. The third-order valence-corrected chi connectivity index (χ3v) is 2.16. The molecular formula is C8H15NO3. The molecule has 4 nitrogen and oxygen atoms in total. The molecule has 1 heterocycles. The SMILES string of the molecule is COC(=O)C[C@@H]1C[C@H](OC)CN1. The maximum atomic E-state index is 10.9. The average Bonchev–Trinajstić information content (AvgIpc) is 2.52. The minimum atomic E-state index is -0.163. The number of rotatable bonds is 3. The fourth-order valence-corrected chi connectivity index (χ4v) is 1.40. The van der Waals surface area contributed by atoms with Gasteiger partial charge in [0.25, 0.3) is 0 Å². The Balaban J connectivity index is 2.23. The summed E-state index contributed by atoms with van der Waals surface area (Å²) in [7, 11) is 3.10. The molecule has 0 bridgehead atoms. The molecule has 1 N–H and O–H groups in total. The van der Waals surface area contributed by atoms with Crippen molar-refractivity contribution in [2.24, 2.45) is 0 Å². The van der Waals surface area contributed by atoms with Crippen molar-refractivity contribution in [3.63, 3.8) is 0 Å². The second-order valence-electron chi connectivity index (χ2n) is 2.98. The van der Waals surface area contributed by atoms with Crippen molar-refractivity contribution in [3.8, 4) is 0 Å². The van der Waals surface area contributed by atoms with E-state index in [4.69, 9.17) is 4.74 Å². The highest BCUT2D eigenvalue weighted by Crippen LogP contribution is 2.12. The molecule has 0 aliphatic carbocycles. The van der Waals surface area contributed by atoms with Gasteiger partial charge in [0.2, 0.25) is 0 Å². The van der Waals surface area contributed by atoms with E-state index in [-0.39, 0.29) is 18.1 Å². The molecule has 0 aromatic carbocycles. The summed E-state index contributed by atoms with van der Waals surface area (Å²) in [5.41, 5.74) is 0. The first-order chi connectivity index (χ1) is 5.76. The van der Waals surface area contributed by atoms with Gasteiger partial charge < -0.3 is 14.8 Å². The molecule has 1 aliphatic heterocycles. The van der Waals surface area contributed by atoms with Gasteiger partial charge in [-0.15, -0.1) is 0 Å². The molecule has 0 amide bonds. The van der Waals surface area contributed by atoms with Crippen molar-refractivity contribution in [3.05, 3.63) is 0 Å². The highest BCUT2D eigenvalue weighted by Gasteiger charge is 2.25. The van der Waals surface area contributed by atoms with Gasteiger partial charge in [-0.25, -0.2) is 0 Å². The standard InChI is InChI=1S/C8H15NO3/c1-11-7-3-6(9-5-7)4-8(10)12-2/h6-7,9H,3-5H2,1-2H3/t6-,7-/m0/s1. The van der Waals surface area contributed by atoms with Crippen molar-refractivity contribution in [1.29, 1.82) is 0 Å². The van der Waals surface area contributed by atoms with Gasteiger partial charge >= 0.3 is 5.97 Å². The van der Waals surface area contributed by atoms with E-state index >= 15 is 0 Å². The Kier molecular flexibility index (Phi) is 3.49. The number of methoxy groups -OCH3 is 2. The monoisotopic (exact) mass is 173 g/mol. The number of carbonyl (C=O) groups excluding carboxylic acids is 1. The van der Waals surface area contributed by atoms with Crippen molar-refractivity contribution >= 4 is 5.97 Å². The maximum absolute atomic E-state index is 10.9. The average molecular weight is 173 g/mol. The third-order valence-electron chi connectivity index (χ3n) is 2.16. The molecule has 0 radical (unpaired) electrons. The lowest BCUT2D eigenvalue weighted by molar-refractivity contribution is -0.141. The predicted octanol–water partition coefficient (Wildman–Crippen LogP) is -0.0736. The van der Waals surface area contributed by atoms with Crippen LogP contribution in [0.3, 0.4) is 0 Å². The first-order valence-corrected chi connectivity index (χ1v) is 4.09. The Labute approximate surface area is 72.2 Å². The zero-order valence-electron chi connectivity index (χ0n) is 7.50. The Morgan fingerprint density at radius 2 is 2.33 bits per heavy atom. The van der Waals surface area contributed by atoms with Crippen LogP contribution in [0.2, 0.25) is 0 Å². The smallest absolute Gasteiger partial charge is 0.307 e. The molecule has 0 aromatic heterocycles. The lowest BCUT2D eigenvalue weighted by Gasteiger charge is -2.07. The number of esters is 1. The minimum Gasteiger partial charge on any atom is -0.469 e. The normalized spacial score (nSPS) is 28.8. The highest BCUT2D eigenvalue weighted by molar-refractivity contribution is 5.69. The molecule has 0 aromatic rings. The fraction of sp³-hybridized carbons (Fsp3) is 0.875. The maximum Gasteiger partial charge on any atom is 0.307 e. The fourth-order valence-electron chi connectivity index (χ4n) is 1.40. The Bertz CT molecular complexity index is 160. The molecule has 4 heteroatoms. The molecule has 0 spiro atoms. The summed E-state index contributed by atoms with van der Waals surface area (Å²) in [5.74, 6) is -0.163. The van der Waals surface area contributed by atoms with Crippen molar-refractivity contribution in [2.45, 2.75) is 25.0 Å². The zero-order chi connectivity index (χ0) is 8.97. The summed E-state index contributed by atoms with van der Waals surface area (Å²) >= 11 is 0. The van der Waals surface area contributed by atoms with Crippen LogP contribution >= 0.6 is 0 Å². The number of nitrogens with one attached hydrogen (secondary N) is 1. The van der Waals surface area contributed by atoms with Crippen LogP contribution in [0.5, 0.6) is 0 Å². The second kappa shape index (κ2) is 4.42. The minimum absolute atomic E-state index is 0.163. The van der Waals surface area contributed by atoms with Crippen LogP contribution < -0.4 is 5.32 Å². The van der Waals surface area contributed by atoms with Gasteiger partial charge in [0.15, 0.2) is 0 Å². The van der Waals surface area contributed by atoms with Crippen LogP contribution in [-0.4, -0.2) is 38.9 Å². The molecule has 0 unspecified atom stereocenters. The molecule has 2 atom stereocenters. The first kappa shape index (κ1) is 9.48. The molecular weight excluding hydrogens is 158 g/mol. The van der Waals surface area contributed by atoms with Crippen LogP contribution in [0.1, 0.15) is 12.8 Å². The van der Waals surface area contributed by atoms with Crippen LogP contribution in [0.15, 0.2) is 0 Å². The van der Waals surface area contributed by atoms with E-state index in [0.29, 0.717) is 6.42 Å².